The number of carbonyl (C=O) groups is 1. The number of amides is 1. The van der Waals surface area contributed by atoms with E-state index in [1.165, 1.54) is 5.56 Å². The van der Waals surface area contributed by atoms with Crippen molar-refractivity contribution in [1.82, 2.24) is 10.6 Å². The number of nitrogens with one attached hydrogen (secondary N) is 2. The molecular weight excluding hydrogens is 356 g/mol. The summed E-state index contributed by atoms with van der Waals surface area (Å²) in [6.45, 7) is 1.89. The zero-order valence-corrected chi connectivity index (χ0v) is 14.3. The van der Waals surface area contributed by atoms with Crippen LogP contribution in [0.5, 0.6) is 0 Å². The van der Waals surface area contributed by atoms with E-state index in [2.05, 4.69) is 38.7 Å². The predicted octanol–water partition coefficient (Wildman–Crippen LogP) is 3.43. The van der Waals surface area contributed by atoms with Gasteiger partial charge in [-0.3, -0.25) is 0 Å². The average molecular weight is 375 g/mol. The number of hydrogen-bond donors (Lipinski definition) is 2. The lowest BCUT2D eigenvalue weighted by molar-refractivity contribution is 0.135. The molecule has 0 spiro atoms. The van der Waals surface area contributed by atoms with Crippen LogP contribution in [0.25, 0.3) is 0 Å². The molecule has 5 heteroatoms. The summed E-state index contributed by atoms with van der Waals surface area (Å²) in [5.41, 5.74) is 2.20. The van der Waals surface area contributed by atoms with Gasteiger partial charge in [0.2, 0.25) is 0 Å². The Balaban J connectivity index is 1.55. The van der Waals surface area contributed by atoms with Gasteiger partial charge in [0.1, 0.15) is 6.61 Å². The van der Waals surface area contributed by atoms with Crippen molar-refractivity contribution in [3.05, 3.63) is 70.2 Å². The molecule has 0 aromatic heterocycles. The summed E-state index contributed by atoms with van der Waals surface area (Å²) in [5.74, 6) is 0.257. The number of rotatable bonds is 4. The van der Waals surface area contributed by atoms with Crippen molar-refractivity contribution in [1.29, 1.82) is 0 Å². The highest BCUT2D eigenvalue weighted by Crippen LogP contribution is 2.24. The second-order valence-electron chi connectivity index (χ2n) is 5.63. The highest BCUT2D eigenvalue weighted by molar-refractivity contribution is 9.10. The van der Waals surface area contributed by atoms with Gasteiger partial charge in [-0.25, -0.2) is 4.79 Å². The van der Waals surface area contributed by atoms with Crippen LogP contribution < -0.4 is 10.6 Å². The summed E-state index contributed by atoms with van der Waals surface area (Å²) in [6.07, 6.45) is -0.371. The number of halogens is 1. The van der Waals surface area contributed by atoms with Crippen LogP contribution in [0.2, 0.25) is 0 Å². The van der Waals surface area contributed by atoms with E-state index < -0.39 is 0 Å². The Morgan fingerprint density at radius 3 is 2.61 bits per heavy atom. The molecule has 0 unspecified atom stereocenters. The van der Waals surface area contributed by atoms with Crippen molar-refractivity contribution >= 4 is 22.0 Å². The summed E-state index contributed by atoms with van der Waals surface area (Å²) in [6, 6.07) is 18.0. The van der Waals surface area contributed by atoms with Gasteiger partial charge in [-0.15, -0.1) is 0 Å². The molecular formula is C18H19BrN2O2. The highest BCUT2D eigenvalue weighted by Gasteiger charge is 2.30. The molecule has 1 heterocycles. The molecule has 1 fully saturated rings. The minimum Gasteiger partial charge on any atom is -0.445 e. The number of ether oxygens (including phenoxy) is 1. The minimum atomic E-state index is -0.371. The molecule has 1 amide bonds. The first-order chi connectivity index (χ1) is 11.2. The maximum Gasteiger partial charge on any atom is 0.407 e. The van der Waals surface area contributed by atoms with Gasteiger partial charge in [0, 0.05) is 23.5 Å². The summed E-state index contributed by atoms with van der Waals surface area (Å²) in [5, 5.41) is 6.31. The lowest BCUT2D eigenvalue weighted by Crippen LogP contribution is -2.39. The maximum absolute atomic E-state index is 12.0. The fourth-order valence-electron chi connectivity index (χ4n) is 2.81. The second kappa shape index (κ2) is 7.62. The summed E-state index contributed by atoms with van der Waals surface area (Å²) >= 11 is 3.45. The van der Waals surface area contributed by atoms with Crippen LogP contribution in [0.4, 0.5) is 4.79 Å². The quantitative estimate of drug-likeness (QED) is 0.861. The molecule has 3 rings (SSSR count). The SMILES string of the molecule is O=C(N[C@H]1CNC[C@@H]1c1ccc(Br)cc1)OCc1ccccc1. The third-order valence-electron chi connectivity index (χ3n) is 4.03. The molecule has 2 atom stereocenters. The predicted molar refractivity (Wildman–Crippen MR) is 93.3 cm³/mol. The van der Waals surface area contributed by atoms with Crippen molar-refractivity contribution < 1.29 is 9.53 Å². The molecule has 0 radical (unpaired) electrons. The Bertz CT molecular complexity index is 646. The molecule has 2 aromatic rings. The first-order valence-corrected chi connectivity index (χ1v) is 8.45. The molecule has 1 aliphatic heterocycles. The van der Waals surface area contributed by atoms with Crippen molar-refractivity contribution in [3.63, 3.8) is 0 Å². The molecule has 23 heavy (non-hydrogen) atoms. The summed E-state index contributed by atoms with van der Waals surface area (Å²) < 4.78 is 6.36. The first kappa shape index (κ1) is 16.0. The van der Waals surface area contributed by atoms with E-state index in [-0.39, 0.29) is 24.7 Å². The van der Waals surface area contributed by atoms with Gasteiger partial charge < -0.3 is 15.4 Å². The molecule has 1 saturated heterocycles. The third kappa shape index (κ3) is 4.33. The van der Waals surface area contributed by atoms with E-state index in [0.29, 0.717) is 0 Å². The summed E-state index contributed by atoms with van der Waals surface area (Å²) in [4.78, 5) is 12.0. The molecule has 2 N–H and O–H groups in total. The molecule has 2 aromatic carbocycles. The monoisotopic (exact) mass is 374 g/mol. The van der Waals surface area contributed by atoms with Crippen molar-refractivity contribution in [3.8, 4) is 0 Å². The molecule has 0 aliphatic carbocycles. The minimum absolute atomic E-state index is 0.0412. The third-order valence-corrected chi connectivity index (χ3v) is 4.56. The van der Waals surface area contributed by atoms with Crippen LogP contribution in [0.15, 0.2) is 59.1 Å². The van der Waals surface area contributed by atoms with E-state index in [9.17, 15) is 4.79 Å². The van der Waals surface area contributed by atoms with Gasteiger partial charge in [-0.05, 0) is 23.3 Å². The first-order valence-electron chi connectivity index (χ1n) is 7.66. The number of carbonyl (C=O) groups excluding carboxylic acids is 1. The largest absolute Gasteiger partial charge is 0.445 e. The van der Waals surface area contributed by atoms with E-state index in [4.69, 9.17) is 4.74 Å². The molecule has 0 saturated carbocycles. The summed E-state index contributed by atoms with van der Waals surface area (Å²) in [7, 11) is 0. The lowest BCUT2D eigenvalue weighted by atomic mass is 9.94. The lowest BCUT2D eigenvalue weighted by Gasteiger charge is -2.20. The van der Waals surface area contributed by atoms with Crippen LogP contribution in [-0.2, 0) is 11.3 Å². The smallest absolute Gasteiger partial charge is 0.407 e. The number of benzene rings is 2. The molecule has 4 nitrogen and oxygen atoms in total. The highest BCUT2D eigenvalue weighted by atomic mass is 79.9. The Kier molecular flexibility index (Phi) is 5.31. The second-order valence-corrected chi connectivity index (χ2v) is 6.54. The van der Waals surface area contributed by atoms with E-state index in [1.54, 1.807) is 0 Å². The van der Waals surface area contributed by atoms with Gasteiger partial charge >= 0.3 is 6.09 Å². The Morgan fingerprint density at radius 2 is 1.87 bits per heavy atom. The van der Waals surface area contributed by atoms with Gasteiger partial charge in [-0.2, -0.15) is 0 Å². The zero-order chi connectivity index (χ0) is 16.1. The van der Waals surface area contributed by atoms with E-state index in [1.807, 2.05) is 42.5 Å². The fraction of sp³-hybridized carbons (Fsp3) is 0.278. The topological polar surface area (TPSA) is 50.4 Å². The number of hydrogen-bond acceptors (Lipinski definition) is 3. The van der Waals surface area contributed by atoms with Gasteiger partial charge in [-0.1, -0.05) is 58.4 Å². The fourth-order valence-corrected chi connectivity index (χ4v) is 3.07. The van der Waals surface area contributed by atoms with Crippen LogP contribution in [0, 0.1) is 0 Å². The normalized spacial score (nSPS) is 20.2. The van der Waals surface area contributed by atoms with Crippen molar-refractivity contribution in [2.24, 2.45) is 0 Å². The standard InChI is InChI=1S/C18H19BrN2O2/c19-15-8-6-14(7-9-15)16-10-20-11-17(16)21-18(22)23-12-13-4-2-1-3-5-13/h1-9,16-17,20H,10-12H2,(H,21,22)/t16-,17+/m1/s1. The Labute approximate surface area is 144 Å². The van der Waals surface area contributed by atoms with Crippen molar-refractivity contribution in [2.45, 2.75) is 18.6 Å². The molecule has 0 bridgehead atoms. The van der Waals surface area contributed by atoms with Crippen LogP contribution in [0.3, 0.4) is 0 Å². The van der Waals surface area contributed by atoms with Crippen LogP contribution in [0.1, 0.15) is 17.0 Å². The zero-order valence-electron chi connectivity index (χ0n) is 12.7. The van der Waals surface area contributed by atoms with Gasteiger partial charge in [0.25, 0.3) is 0 Å². The Morgan fingerprint density at radius 1 is 1.13 bits per heavy atom. The van der Waals surface area contributed by atoms with E-state index in [0.717, 1.165) is 23.1 Å². The van der Waals surface area contributed by atoms with Crippen LogP contribution in [-0.4, -0.2) is 25.2 Å². The van der Waals surface area contributed by atoms with Crippen LogP contribution >= 0.6 is 15.9 Å². The number of alkyl carbamates (subject to hydrolysis) is 1. The van der Waals surface area contributed by atoms with Gasteiger partial charge in [0.05, 0.1) is 6.04 Å². The van der Waals surface area contributed by atoms with Crippen molar-refractivity contribution in [2.75, 3.05) is 13.1 Å². The van der Waals surface area contributed by atoms with Gasteiger partial charge in [0.15, 0.2) is 0 Å². The van der Waals surface area contributed by atoms with E-state index >= 15 is 0 Å². The average Bonchev–Trinajstić information content (AvgIpc) is 3.03. The maximum atomic E-state index is 12.0. The molecule has 1 aliphatic rings. The molecule has 120 valence electrons. The Hall–Kier alpha value is -1.85.